The highest BCUT2D eigenvalue weighted by atomic mass is 32.1. The van der Waals surface area contributed by atoms with Gasteiger partial charge in [0.1, 0.15) is 0 Å². The summed E-state index contributed by atoms with van der Waals surface area (Å²) in [6.45, 7) is 10.5. The maximum Gasteiger partial charge on any atom is 0.0900 e. The van der Waals surface area contributed by atoms with Gasteiger partial charge in [-0.3, -0.25) is 0 Å². The van der Waals surface area contributed by atoms with Gasteiger partial charge in [0, 0.05) is 24.1 Å². The molecule has 3 atom stereocenters. The first-order chi connectivity index (χ1) is 7.45. The van der Waals surface area contributed by atoms with Gasteiger partial charge >= 0.3 is 0 Å². The number of methoxy groups -OCH3 is 1. The molecule has 3 unspecified atom stereocenters. The molecular formula is C12H22N2OS. The summed E-state index contributed by atoms with van der Waals surface area (Å²) in [5.74, 6) is 0. The number of rotatable bonds is 5. The van der Waals surface area contributed by atoms with Crippen molar-refractivity contribution in [3.63, 3.8) is 0 Å². The third-order valence-corrected chi connectivity index (χ3v) is 4.18. The monoisotopic (exact) mass is 242 g/mol. The molecule has 0 amide bonds. The molecule has 1 aromatic heterocycles. The van der Waals surface area contributed by atoms with E-state index >= 15 is 0 Å². The third-order valence-electron chi connectivity index (χ3n) is 2.92. The number of nitrogens with zero attached hydrogens (tertiary/aromatic N) is 1. The van der Waals surface area contributed by atoms with E-state index in [2.05, 4.69) is 44.9 Å². The second-order valence-electron chi connectivity index (χ2n) is 4.30. The van der Waals surface area contributed by atoms with Crippen LogP contribution in [0, 0.1) is 13.8 Å². The Labute approximate surface area is 102 Å². The molecule has 0 fully saturated rings. The first-order valence-electron chi connectivity index (χ1n) is 5.68. The van der Waals surface area contributed by atoms with Gasteiger partial charge in [-0.1, -0.05) is 0 Å². The van der Waals surface area contributed by atoms with E-state index in [1.54, 1.807) is 18.4 Å². The summed E-state index contributed by atoms with van der Waals surface area (Å²) in [7, 11) is 1.75. The van der Waals surface area contributed by atoms with Gasteiger partial charge in [0.25, 0.3) is 0 Å². The van der Waals surface area contributed by atoms with Crippen LogP contribution < -0.4 is 5.32 Å². The maximum atomic E-state index is 5.31. The van der Waals surface area contributed by atoms with Crippen LogP contribution in [0.5, 0.6) is 0 Å². The summed E-state index contributed by atoms with van der Waals surface area (Å²) in [5, 5.41) is 4.68. The SMILES string of the molecule is COC(C)C(C)NC(C)c1sc(C)nc1C. The standard InChI is InChI=1S/C12H22N2OS/c1-7(10(4)15-6)13-8(2)12-9(3)14-11(5)16-12/h7-8,10,13H,1-6H3. The van der Waals surface area contributed by atoms with Crippen LogP contribution in [0.1, 0.15) is 42.4 Å². The molecular weight excluding hydrogens is 220 g/mol. The third kappa shape index (κ3) is 3.27. The largest absolute Gasteiger partial charge is 0.380 e. The van der Waals surface area contributed by atoms with Crippen molar-refractivity contribution in [3.8, 4) is 0 Å². The molecule has 16 heavy (non-hydrogen) atoms. The van der Waals surface area contributed by atoms with Crippen LogP contribution >= 0.6 is 11.3 Å². The second kappa shape index (κ2) is 5.75. The lowest BCUT2D eigenvalue weighted by molar-refractivity contribution is 0.0853. The fourth-order valence-corrected chi connectivity index (χ4v) is 2.70. The molecule has 0 saturated heterocycles. The van der Waals surface area contributed by atoms with Crippen molar-refractivity contribution in [2.24, 2.45) is 0 Å². The summed E-state index contributed by atoms with van der Waals surface area (Å²) >= 11 is 1.77. The lowest BCUT2D eigenvalue weighted by atomic mass is 10.1. The fourth-order valence-electron chi connectivity index (χ4n) is 1.76. The predicted octanol–water partition coefficient (Wildman–Crippen LogP) is 2.83. The predicted molar refractivity (Wildman–Crippen MR) is 69.1 cm³/mol. The van der Waals surface area contributed by atoms with Gasteiger partial charge in [0.2, 0.25) is 0 Å². The molecule has 0 aliphatic heterocycles. The lowest BCUT2D eigenvalue weighted by Gasteiger charge is -2.24. The molecule has 0 radical (unpaired) electrons. The zero-order chi connectivity index (χ0) is 12.3. The van der Waals surface area contributed by atoms with Crippen molar-refractivity contribution < 1.29 is 4.74 Å². The number of aryl methyl sites for hydroxylation is 2. The van der Waals surface area contributed by atoms with E-state index in [9.17, 15) is 0 Å². The van der Waals surface area contributed by atoms with Crippen LogP contribution in [-0.4, -0.2) is 24.2 Å². The van der Waals surface area contributed by atoms with Crippen LogP contribution in [0.2, 0.25) is 0 Å². The van der Waals surface area contributed by atoms with Crippen molar-refractivity contribution >= 4 is 11.3 Å². The van der Waals surface area contributed by atoms with Crippen LogP contribution in [0.15, 0.2) is 0 Å². The minimum absolute atomic E-state index is 0.219. The molecule has 1 N–H and O–H groups in total. The van der Waals surface area contributed by atoms with E-state index in [1.807, 2.05) is 0 Å². The minimum atomic E-state index is 0.219. The topological polar surface area (TPSA) is 34.1 Å². The van der Waals surface area contributed by atoms with Gasteiger partial charge in [0.05, 0.1) is 16.8 Å². The van der Waals surface area contributed by atoms with Gasteiger partial charge in [-0.15, -0.1) is 11.3 Å². The molecule has 92 valence electrons. The fraction of sp³-hybridized carbons (Fsp3) is 0.750. The van der Waals surface area contributed by atoms with Gasteiger partial charge in [0.15, 0.2) is 0 Å². The van der Waals surface area contributed by atoms with Crippen molar-refractivity contribution in [1.29, 1.82) is 0 Å². The smallest absolute Gasteiger partial charge is 0.0900 e. The van der Waals surface area contributed by atoms with Gasteiger partial charge in [-0.2, -0.15) is 0 Å². The first kappa shape index (κ1) is 13.6. The zero-order valence-corrected chi connectivity index (χ0v) is 11.8. The summed E-state index contributed by atoms with van der Waals surface area (Å²) in [6, 6.07) is 0.667. The molecule has 0 spiro atoms. The number of aromatic nitrogens is 1. The highest BCUT2D eigenvalue weighted by Crippen LogP contribution is 2.24. The Balaban J connectivity index is 2.65. The van der Waals surface area contributed by atoms with Crippen molar-refractivity contribution in [1.82, 2.24) is 10.3 Å². The van der Waals surface area contributed by atoms with Crippen LogP contribution in [-0.2, 0) is 4.74 Å². The number of ether oxygens (including phenoxy) is 1. The molecule has 1 heterocycles. The highest BCUT2D eigenvalue weighted by Gasteiger charge is 2.18. The Morgan fingerprint density at radius 2 is 1.88 bits per heavy atom. The second-order valence-corrected chi connectivity index (χ2v) is 5.54. The Morgan fingerprint density at radius 3 is 2.31 bits per heavy atom. The van der Waals surface area contributed by atoms with E-state index in [0.717, 1.165) is 10.7 Å². The van der Waals surface area contributed by atoms with E-state index in [4.69, 9.17) is 4.74 Å². The molecule has 0 bridgehead atoms. The van der Waals surface area contributed by atoms with Crippen LogP contribution in [0.25, 0.3) is 0 Å². The summed E-state index contributed by atoms with van der Waals surface area (Å²) < 4.78 is 5.31. The number of hydrogen-bond donors (Lipinski definition) is 1. The average Bonchev–Trinajstić information content (AvgIpc) is 2.56. The molecule has 0 aromatic carbocycles. The lowest BCUT2D eigenvalue weighted by Crippen LogP contribution is -2.38. The van der Waals surface area contributed by atoms with Gasteiger partial charge < -0.3 is 10.1 Å². The minimum Gasteiger partial charge on any atom is -0.380 e. The molecule has 0 aliphatic carbocycles. The average molecular weight is 242 g/mol. The van der Waals surface area contributed by atoms with Crippen molar-refractivity contribution in [3.05, 3.63) is 15.6 Å². The number of hydrogen-bond acceptors (Lipinski definition) is 4. The van der Waals surface area contributed by atoms with Crippen molar-refractivity contribution in [2.75, 3.05) is 7.11 Å². The Kier molecular flexibility index (Phi) is 4.89. The highest BCUT2D eigenvalue weighted by molar-refractivity contribution is 7.11. The van der Waals surface area contributed by atoms with Gasteiger partial charge in [-0.25, -0.2) is 4.98 Å². The number of thiazole rings is 1. The van der Waals surface area contributed by atoms with E-state index in [0.29, 0.717) is 12.1 Å². The van der Waals surface area contributed by atoms with Crippen molar-refractivity contribution in [2.45, 2.75) is 52.8 Å². The van der Waals surface area contributed by atoms with E-state index in [-0.39, 0.29) is 6.10 Å². The normalized spacial score (nSPS) is 17.1. The van der Waals surface area contributed by atoms with E-state index in [1.165, 1.54) is 4.88 Å². The Morgan fingerprint density at radius 1 is 1.25 bits per heavy atom. The summed E-state index contributed by atoms with van der Waals surface area (Å²) in [4.78, 5) is 5.78. The Hall–Kier alpha value is -0.450. The molecule has 0 aliphatic rings. The summed E-state index contributed by atoms with van der Waals surface area (Å²) in [5.41, 5.74) is 1.14. The van der Waals surface area contributed by atoms with Gasteiger partial charge in [-0.05, 0) is 34.6 Å². The van der Waals surface area contributed by atoms with Crippen LogP contribution in [0.3, 0.4) is 0 Å². The first-order valence-corrected chi connectivity index (χ1v) is 6.50. The molecule has 1 rings (SSSR count). The molecule has 4 heteroatoms. The summed E-state index contributed by atoms with van der Waals surface area (Å²) in [6.07, 6.45) is 0.219. The van der Waals surface area contributed by atoms with Crippen LogP contribution in [0.4, 0.5) is 0 Å². The molecule has 0 saturated carbocycles. The molecule has 1 aromatic rings. The van der Waals surface area contributed by atoms with E-state index < -0.39 is 0 Å². The number of nitrogens with one attached hydrogen (secondary N) is 1. The Bertz CT molecular complexity index is 338. The quantitative estimate of drug-likeness (QED) is 0.862. The molecule has 3 nitrogen and oxygen atoms in total. The maximum absolute atomic E-state index is 5.31. The zero-order valence-electron chi connectivity index (χ0n) is 11.0.